The molecule has 0 unspecified atom stereocenters. The van der Waals surface area contributed by atoms with Crippen molar-refractivity contribution in [2.75, 3.05) is 14.2 Å². The van der Waals surface area contributed by atoms with Crippen LogP contribution in [0.1, 0.15) is 28.4 Å². The lowest BCUT2D eigenvalue weighted by molar-refractivity contribution is 0.101. The van der Waals surface area contributed by atoms with Gasteiger partial charge in [-0.15, -0.1) is 0 Å². The van der Waals surface area contributed by atoms with Gasteiger partial charge in [-0.3, -0.25) is 4.79 Å². The average Bonchev–Trinajstić information content (AvgIpc) is 2.77. The van der Waals surface area contributed by atoms with Crippen molar-refractivity contribution in [1.29, 1.82) is 0 Å². The first kappa shape index (κ1) is 21.5. The highest BCUT2D eigenvalue weighted by Crippen LogP contribution is 2.38. The maximum absolute atomic E-state index is 11.9. The summed E-state index contributed by atoms with van der Waals surface area (Å²) in [6.07, 6.45) is 0. The largest absolute Gasteiger partial charge is 0.497 e. The standard InChI is InChI=1S/C24H23ClO5/c1-16(26)19-12-22(25)24(30-15-18-6-10-21(28-3)11-7-18)23(13-19)29-14-17-4-8-20(27-2)9-5-17/h4-13H,14-15H2,1-3H3. The lowest BCUT2D eigenvalue weighted by atomic mass is 10.1. The normalized spacial score (nSPS) is 10.4. The van der Waals surface area contributed by atoms with E-state index >= 15 is 0 Å². The Morgan fingerprint density at radius 1 is 0.800 bits per heavy atom. The van der Waals surface area contributed by atoms with Gasteiger partial charge in [-0.1, -0.05) is 35.9 Å². The molecule has 30 heavy (non-hydrogen) atoms. The Balaban J connectivity index is 1.80. The number of methoxy groups -OCH3 is 2. The number of rotatable bonds is 9. The molecule has 3 rings (SSSR count). The molecule has 3 aromatic rings. The maximum Gasteiger partial charge on any atom is 0.180 e. The summed E-state index contributed by atoms with van der Waals surface area (Å²) in [5.74, 6) is 2.24. The van der Waals surface area contributed by atoms with E-state index in [0.29, 0.717) is 35.3 Å². The number of halogens is 1. The number of ether oxygens (including phenoxy) is 4. The molecule has 0 fully saturated rings. The van der Waals surface area contributed by atoms with Gasteiger partial charge in [0.2, 0.25) is 0 Å². The summed E-state index contributed by atoms with van der Waals surface area (Å²) in [6, 6.07) is 18.3. The van der Waals surface area contributed by atoms with Crippen LogP contribution in [0.5, 0.6) is 23.0 Å². The number of hydrogen-bond acceptors (Lipinski definition) is 5. The van der Waals surface area contributed by atoms with Crippen molar-refractivity contribution >= 4 is 17.4 Å². The van der Waals surface area contributed by atoms with Crippen molar-refractivity contribution in [1.82, 2.24) is 0 Å². The number of benzene rings is 3. The molecule has 0 aliphatic carbocycles. The summed E-state index contributed by atoms with van der Waals surface area (Å²) in [5, 5.41) is 0.320. The van der Waals surface area contributed by atoms with E-state index < -0.39 is 0 Å². The van der Waals surface area contributed by atoms with E-state index in [2.05, 4.69) is 0 Å². The summed E-state index contributed by atoms with van der Waals surface area (Å²) in [6.45, 7) is 2.07. The number of carbonyl (C=O) groups excluding carboxylic acids is 1. The molecule has 0 aliphatic heterocycles. The zero-order valence-corrected chi connectivity index (χ0v) is 17.9. The van der Waals surface area contributed by atoms with Gasteiger partial charge in [-0.2, -0.15) is 0 Å². The monoisotopic (exact) mass is 426 g/mol. The van der Waals surface area contributed by atoms with Crippen LogP contribution in [0.15, 0.2) is 60.7 Å². The Labute approximate surface area is 181 Å². The van der Waals surface area contributed by atoms with Gasteiger partial charge >= 0.3 is 0 Å². The highest BCUT2D eigenvalue weighted by Gasteiger charge is 2.15. The molecule has 0 bridgehead atoms. The van der Waals surface area contributed by atoms with Gasteiger partial charge in [0, 0.05) is 5.56 Å². The molecule has 0 aliphatic rings. The Bertz CT molecular complexity index is 997. The molecule has 0 atom stereocenters. The lowest BCUT2D eigenvalue weighted by Crippen LogP contribution is -2.03. The van der Waals surface area contributed by atoms with Gasteiger partial charge in [0.05, 0.1) is 19.2 Å². The fourth-order valence-corrected chi connectivity index (χ4v) is 3.04. The summed E-state index contributed by atoms with van der Waals surface area (Å²) < 4.78 is 22.3. The van der Waals surface area contributed by atoms with Crippen LogP contribution in [0.25, 0.3) is 0 Å². The van der Waals surface area contributed by atoms with Crippen molar-refractivity contribution in [2.45, 2.75) is 20.1 Å². The molecular weight excluding hydrogens is 404 g/mol. The van der Waals surface area contributed by atoms with Crippen molar-refractivity contribution in [3.05, 3.63) is 82.4 Å². The van der Waals surface area contributed by atoms with Gasteiger partial charge in [0.15, 0.2) is 17.3 Å². The average molecular weight is 427 g/mol. The molecule has 6 heteroatoms. The second kappa shape index (κ2) is 10.0. The third-order valence-corrected chi connectivity index (χ3v) is 4.79. The summed E-state index contributed by atoms with van der Waals surface area (Å²) in [7, 11) is 3.24. The van der Waals surface area contributed by atoms with Gasteiger partial charge in [0.25, 0.3) is 0 Å². The molecule has 0 radical (unpaired) electrons. The zero-order chi connectivity index (χ0) is 21.5. The van der Waals surface area contributed by atoms with E-state index in [1.54, 1.807) is 26.4 Å². The SMILES string of the molecule is COc1ccc(COc2cc(C(C)=O)cc(Cl)c2OCc2ccc(OC)cc2)cc1. The third-order valence-electron chi connectivity index (χ3n) is 4.51. The number of carbonyl (C=O) groups is 1. The molecule has 0 aromatic heterocycles. The second-order valence-electron chi connectivity index (χ2n) is 6.62. The van der Waals surface area contributed by atoms with Crippen LogP contribution in [-0.4, -0.2) is 20.0 Å². The van der Waals surface area contributed by atoms with Crippen LogP contribution >= 0.6 is 11.6 Å². The van der Waals surface area contributed by atoms with Crippen LogP contribution in [0.2, 0.25) is 5.02 Å². The van der Waals surface area contributed by atoms with E-state index in [1.165, 1.54) is 6.92 Å². The van der Waals surface area contributed by atoms with Crippen molar-refractivity contribution in [2.24, 2.45) is 0 Å². The topological polar surface area (TPSA) is 54.0 Å². The minimum atomic E-state index is -0.104. The minimum Gasteiger partial charge on any atom is -0.497 e. The summed E-state index contributed by atoms with van der Waals surface area (Å²) >= 11 is 6.42. The molecule has 5 nitrogen and oxygen atoms in total. The molecule has 3 aromatic carbocycles. The Kier molecular flexibility index (Phi) is 7.20. The van der Waals surface area contributed by atoms with Gasteiger partial charge in [-0.05, 0) is 54.4 Å². The molecular formula is C24H23ClO5. The lowest BCUT2D eigenvalue weighted by Gasteiger charge is -2.16. The molecule has 0 heterocycles. The quantitative estimate of drug-likeness (QED) is 0.410. The van der Waals surface area contributed by atoms with Gasteiger partial charge < -0.3 is 18.9 Å². The molecule has 0 saturated heterocycles. The Morgan fingerprint density at radius 3 is 1.77 bits per heavy atom. The predicted molar refractivity (Wildman–Crippen MR) is 116 cm³/mol. The van der Waals surface area contributed by atoms with Gasteiger partial charge in [-0.25, -0.2) is 0 Å². The summed E-state index contributed by atoms with van der Waals surface area (Å²) in [5.41, 5.74) is 2.35. The van der Waals surface area contributed by atoms with E-state index in [9.17, 15) is 4.79 Å². The maximum atomic E-state index is 11.9. The smallest absolute Gasteiger partial charge is 0.180 e. The molecule has 0 spiro atoms. The first-order valence-electron chi connectivity index (χ1n) is 9.36. The van der Waals surface area contributed by atoms with Crippen LogP contribution in [0.3, 0.4) is 0 Å². The number of Topliss-reactive ketones (excluding diaryl/α,β-unsaturated/α-hetero) is 1. The predicted octanol–water partition coefficient (Wildman–Crippen LogP) is 5.72. The van der Waals surface area contributed by atoms with Crippen LogP contribution < -0.4 is 18.9 Å². The second-order valence-corrected chi connectivity index (χ2v) is 7.02. The van der Waals surface area contributed by atoms with Crippen molar-refractivity contribution in [3.63, 3.8) is 0 Å². The van der Waals surface area contributed by atoms with E-state index in [4.69, 9.17) is 30.5 Å². The Hall–Kier alpha value is -3.18. The van der Waals surface area contributed by atoms with Gasteiger partial charge in [0.1, 0.15) is 24.7 Å². The third kappa shape index (κ3) is 5.45. The summed E-state index contributed by atoms with van der Waals surface area (Å²) in [4.78, 5) is 11.9. The molecule has 0 amide bonds. The fourth-order valence-electron chi connectivity index (χ4n) is 2.78. The zero-order valence-electron chi connectivity index (χ0n) is 17.1. The van der Waals surface area contributed by atoms with Crippen molar-refractivity contribution in [3.8, 4) is 23.0 Å². The van der Waals surface area contributed by atoms with Crippen LogP contribution in [0.4, 0.5) is 0 Å². The van der Waals surface area contributed by atoms with Crippen LogP contribution in [-0.2, 0) is 13.2 Å². The molecule has 156 valence electrons. The first-order chi connectivity index (χ1) is 14.5. The highest BCUT2D eigenvalue weighted by molar-refractivity contribution is 6.32. The fraction of sp³-hybridized carbons (Fsp3) is 0.208. The van der Waals surface area contributed by atoms with E-state index in [-0.39, 0.29) is 5.78 Å². The molecule has 0 N–H and O–H groups in total. The minimum absolute atomic E-state index is 0.104. The molecule has 0 saturated carbocycles. The number of hydrogen-bond donors (Lipinski definition) is 0. The number of ketones is 1. The van der Waals surface area contributed by atoms with E-state index in [0.717, 1.165) is 22.6 Å². The van der Waals surface area contributed by atoms with Crippen molar-refractivity contribution < 1.29 is 23.7 Å². The highest BCUT2D eigenvalue weighted by atomic mass is 35.5. The van der Waals surface area contributed by atoms with Crippen LogP contribution in [0, 0.1) is 0 Å². The Morgan fingerprint density at radius 2 is 1.30 bits per heavy atom. The van der Waals surface area contributed by atoms with E-state index in [1.807, 2.05) is 48.5 Å². The first-order valence-corrected chi connectivity index (χ1v) is 9.74.